The molecule has 2 rings (SSSR count). The number of allylic oxidation sites excluding steroid dienone is 2. The number of aliphatic carboxylic acids is 2. The standard InChI is InChI=1S/C11H10O2.C9H7ClO2/c12-11(13)9-5-4-8-10-6-2-1-3-7-10;10-8-4-1-7(2-5-8)3-6-9(11)12/h1-9H,(H,12,13);1-6H,(H,11,12). The molecule has 2 N–H and O–H groups in total. The molecule has 0 aliphatic carbocycles. The highest BCUT2D eigenvalue weighted by molar-refractivity contribution is 6.30. The van der Waals surface area contributed by atoms with Crippen LogP contribution >= 0.6 is 11.6 Å². The predicted octanol–water partition coefficient (Wildman–Crippen LogP) is 4.78. The van der Waals surface area contributed by atoms with Crippen LogP contribution in [0.15, 0.2) is 78.9 Å². The minimum atomic E-state index is -0.954. The third-order valence-corrected chi connectivity index (χ3v) is 2.98. The van der Waals surface area contributed by atoms with Crippen molar-refractivity contribution in [2.24, 2.45) is 0 Å². The summed E-state index contributed by atoms with van der Waals surface area (Å²) in [6.45, 7) is 0. The van der Waals surface area contributed by atoms with Crippen LogP contribution in [0.3, 0.4) is 0 Å². The molecule has 0 aromatic heterocycles. The molecule has 0 heterocycles. The number of carbonyl (C=O) groups is 2. The summed E-state index contributed by atoms with van der Waals surface area (Å²) in [5.41, 5.74) is 1.87. The number of benzene rings is 2. The molecular weight excluding hydrogens is 340 g/mol. The third kappa shape index (κ3) is 10.3. The Morgan fingerprint density at radius 1 is 0.720 bits per heavy atom. The summed E-state index contributed by atoms with van der Waals surface area (Å²) in [4.78, 5) is 20.2. The van der Waals surface area contributed by atoms with Crippen molar-refractivity contribution >= 4 is 35.7 Å². The SMILES string of the molecule is O=C(O)C=CC=Cc1ccccc1.O=C(O)C=Cc1ccc(Cl)cc1. The first-order chi connectivity index (χ1) is 12.0. The van der Waals surface area contributed by atoms with Crippen LogP contribution in [0.2, 0.25) is 5.02 Å². The van der Waals surface area contributed by atoms with Gasteiger partial charge in [0.15, 0.2) is 0 Å². The summed E-state index contributed by atoms with van der Waals surface area (Å²) in [7, 11) is 0. The maximum atomic E-state index is 10.1. The summed E-state index contributed by atoms with van der Waals surface area (Å²) in [6.07, 6.45) is 8.74. The van der Waals surface area contributed by atoms with Crippen molar-refractivity contribution in [3.8, 4) is 0 Å². The zero-order valence-corrected chi connectivity index (χ0v) is 14.0. The second-order valence-electron chi connectivity index (χ2n) is 4.69. The van der Waals surface area contributed by atoms with Gasteiger partial charge in [-0.3, -0.25) is 0 Å². The Labute approximate surface area is 151 Å². The lowest BCUT2D eigenvalue weighted by atomic mass is 10.2. The zero-order valence-electron chi connectivity index (χ0n) is 13.2. The van der Waals surface area contributed by atoms with E-state index in [0.29, 0.717) is 5.02 Å². The summed E-state index contributed by atoms with van der Waals surface area (Å²) in [5, 5.41) is 17.2. The largest absolute Gasteiger partial charge is 0.478 e. The fourth-order valence-corrected chi connectivity index (χ4v) is 1.74. The molecule has 0 bridgehead atoms. The molecule has 2 aromatic rings. The van der Waals surface area contributed by atoms with Gasteiger partial charge in [0, 0.05) is 17.2 Å². The van der Waals surface area contributed by atoms with Gasteiger partial charge < -0.3 is 10.2 Å². The van der Waals surface area contributed by atoms with Gasteiger partial charge in [0.1, 0.15) is 0 Å². The molecule has 0 spiro atoms. The first-order valence-electron chi connectivity index (χ1n) is 7.26. The van der Waals surface area contributed by atoms with Crippen LogP contribution < -0.4 is 0 Å². The Morgan fingerprint density at radius 3 is 1.84 bits per heavy atom. The zero-order chi connectivity index (χ0) is 18.5. The molecule has 0 amide bonds. The van der Waals surface area contributed by atoms with Gasteiger partial charge in [-0.1, -0.05) is 72.3 Å². The molecule has 128 valence electrons. The molecular formula is C20H17ClO4. The molecule has 0 aliphatic rings. The topological polar surface area (TPSA) is 74.6 Å². The molecule has 2 aromatic carbocycles. The molecule has 0 unspecified atom stereocenters. The van der Waals surface area contributed by atoms with E-state index >= 15 is 0 Å². The molecule has 0 fully saturated rings. The highest BCUT2D eigenvalue weighted by atomic mass is 35.5. The molecule has 25 heavy (non-hydrogen) atoms. The summed E-state index contributed by atoms with van der Waals surface area (Å²) < 4.78 is 0. The van der Waals surface area contributed by atoms with E-state index in [2.05, 4.69) is 0 Å². The predicted molar refractivity (Wildman–Crippen MR) is 100 cm³/mol. The van der Waals surface area contributed by atoms with Gasteiger partial charge in [0.05, 0.1) is 0 Å². The van der Waals surface area contributed by atoms with Gasteiger partial charge in [-0.05, 0) is 29.3 Å². The fraction of sp³-hybridized carbons (Fsp3) is 0. The lowest BCUT2D eigenvalue weighted by molar-refractivity contribution is -0.132. The van der Waals surface area contributed by atoms with Crippen molar-refractivity contribution in [3.05, 3.63) is 95.1 Å². The van der Waals surface area contributed by atoms with E-state index in [9.17, 15) is 9.59 Å². The van der Waals surface area contributed by atoms with Crippen molar-refractivity contribution in [2.75, 3.05) is 0 Å². The molecule has 0 radical (unpaired) electrons. The van der Waals surface area contributed by atoms with Gasteiger partial charge in [-0.25, -0.2) is 9.59 Å². The Balaban J connectivity index is 0.000000251. The van der Waals surface area contributed by atoms with E-state index in [1.807, 2.05) is 36.4 Å². The first kappa shape index (κ1) is 19.9. The molecule has 4 nitrogen and oxygen atoms in total. The Hall–Kier alpha value is -3.11. The van der Waals surface area contributed by atoms with E-state index in [4.69, 9.17) is 21.8 Å². The van der Waals surface area contributed by atoms with Crippen LogP contribution in [0, 0.1) is 0 Å². The van der Waals surface area contributed by atoms with Crippen molar-refractivity contribution in [3.63, 3.8) is 0 Å². The average Bonchev–Trinajstić information content (AvgIpc) is 2.59. The van der Waals surface area contributed by atoms with E-state index < -0.39 is 11.9 Å². The first-order valence-corrected chi connectivity index (χ1v) is 7.64. The number of carboxylic acid groups (broad SMARTS) is 2. The Kier molecular flexibility index (Phi) is 9.11. The summed E-state index contributed by atoms with van der Waals surface area (Å²) in [6, 6.07) is 16.6. The lowest BCUT2D eigenvalue weighted by Gasteiger charge is -1.91. The van der Waals surface area contributed by atoms with E-state index in [1.54, 1.807) is 30.3 Å². The van der Waals surface area contributed by atoms with Crippen LogP contribution in [0.5, 0.6) is 0 Å². The average molecular weight is 357 g/mol. The van der Waals surface area contributed by atoms with Gasteiger partial charge >= 0.3 is 11.9 Å². The van der Waals surface area contributed by atoms with E-state index in [0.717, 1.165) is 23.3 Å². The maximum absolute atomic E-state index is 10.1. The second-order valence-corrected chi connectivity index (χ2v) is 5.13. The quantitative estimate of drug-likeness (QED) is 0.597. The summed E-state index contributed by atoms with van der Waals surface area (Å²) in [5.74, 6) is -1.89. The third-order valence-electron chi connectivity index (χ3n) is 2.73. The highest BCUT2D eigenvalue weighted by Crippen LogP contribution is 2.10. The van der Waals surface area contributed by atoms with Crippen LogP contribution in [0.4, 0.5) is 0 Å². The second kappa shape index (κ2) is 11.4. The monoisotopic (exact) mass is 356 g/mol. The van der Waals surface area contributed by atoms with Gasteiger partial charge in [-0.2, -0.15) is 0 Å². The molecule has 0 saturated carbocycles. The van der Waals surface area contributed by atoms with Crippen LogP contribution in [0.1, 0.15) is 11.1 Å². The van der Waals surface area contributed by atoms with Gasteiger partial charge in [0.2, 0.25) is 0 Å². The lowest BCUT2D eigenvalue weighted by Crippen LogP contribution is -1.85. The molecule has 0 aliphatic heterocycles. The van der Waals surface area contributed by atoms with Crippen LogP contribution in [0.25, 0.3) is 12.2 Å². The number of halogens is 1. The fourth-order valence-electron chi connectivity index (χ4n) is 1.61. The molecule has 5 heteroatoms. The van der Waals surface area contributed by atoms with E-state index in [1.165, 1.54) is 12.2 Å². The van der Waals surface area contributed by atoms with Crippen molar-refractivity contribution in [1.29, 1.82) is 0 Å². The van der Waals surface area contributed by atoms with Crippen LogP contribution in [-0.2, 0) is 9.59 Å². The van der Waals surface area contributed by atoms with Crippen molar-refractivity contribution in [1.82, 2.24) is 0 Å². The minimum Gasteiger partial charge on any atom is -0.478 e. The number of rotatable bonds is 5. The van der Waals surface area contributed by atoms with Gasteiger partial charge in [0.25, 0.3) is 0 Å². The number of hydrogen-bond donors (Lipinski definition) is 2. The van der Waals surface area contributed by atoms with Crippen molar-refractivity contribution in [2.45, 2.75) is 0 Å². The Bertz CT molecular complexity index is 760. The van der Waals surface area contributed by atoms with Crippen molar-refractivity contribution < 1.29 is 19.8 Å². The highest BCUT2D eigenvalue weighted by Gasteiger charge is 1.89. The number of carboxylic acids is 2. The molecule has 0 saturated heterocycles. The number of hydrogen-bond acceptors (Lipinski definition) is 2. The summed E-state index contributed by atoms with van der Waals surface area (Å²) >= 11 is 5.63. The minimum absolute atomic E-state index is 0.641. The maximum Gasteiger partial charge on any atom is 0.328 e. The Morgan fingerprint density at radius 2 is 1.28 bits per heavy atom. The smallest absolute Gasteiger partial charge is 0.328 e. The van der Waals surface area contributed by atoms with Crippen LogP contribution in [-0.4, -0.2) is 22.2 Å². The molecule has 0 atom stereocenters. The normalized spacial score (nSPS) is 10.8. The van der Waals surface area contributed by atoms with Gasteiger partial charge in [-0.15, -0.1) is 0 Å². The van der Waals surface area contributed by atoms with E-state index in [-0.39, 0.29) is 0 Å².